The van der Waals surface area contributed by atoms with Crippen molar-refractivity contribution in [1.29, 1.82) is 0 Å². The van der Waals surface area contributed by atoms with Gasteiger partial charge in [-0.05, 0) is 53.6 Å². The van der Waals surface area contributed by atoms with Crippen LogP contribution < -0.4 is 5.32 Å². The molecule has 1 aliphatic rings. The van der Waals surface area contributed by atoms with Crippen molar-refractivity contribution in [2.45, 2.75) is 31.7 Å². The van der Waals surface area contributed by atoms with Crippen LogP contribution in [-0.4, -0.2) is 34.8 Å². The molecule has 0 radical (unpaired) electrons. The molecule has 4 rings (SSSR count). The highest BCUT2D eigenvalue weighted by Crippen LogP contribution is 2.44. The molecule has 0 saturated heterocycles. The molecule has 2 aromatic carbocycles. The quantitative estimate of drug-likeness (QED) is 0.599. The van der Waals surface area contributed by atoms with Crippen molar-refractivity contribution in [3.8, 4) is 11.1 Å². The Bertz CT molecular complexity index is 1050. The average Bonchev–Trinajstić information content (AvgIpc) is 3.10. The highest BCUT2D eigenvalue weighted by Gasteiger charge is 2.29. The van der Waals surface area contributed by atoms with Crippen LogP contribution in [0.4, 0.5) is 4.79 Å². The van der Waals surface area contributed by atoms with Crippen LogP contribution in [0.3, 0.4) is 0 Å². The first-order valence-corrected chi connectivity index (χ1v) is 10.3. The molecule has 1 heterocycles. The molecule has 1 aromatic heterocycles. The van der Waals surface area contributed by atoms with E-state index in [2.05, 4.69) is 22.4 Å². The number of alkyl carbamates (subject to hydrolysis) is 1. The first-order chi connectivity index (χ1) is 15.0. The molecule has 31 heavy (non-hydrogen) atoms. The fraction of sp³-hybridized carbons (Fsp3) is 0.240. The number of aliphatic carboxylic acids is 1. The maximum Gasteiger partial charge on any atom is 0.407 e. The summed E-state index contributed by atoms with van der Waals surface area (Å²) in [6, 6.07) is 18.9. The molecule has 1 atom stereocenters. The third-order valence-electron chi connectivity index (χ3n) is 5.63. The zero-order valence-electron chi connectivity index (χ0n) is 17.2. The van der Waals surface area contributed by atoms with E-state index < -0.39 is 18.1 Å². The van der Waals surface area contributed by atoms with Crippen molar-refractivity contribution in [1.82, 2.24) is 10.3 Å². The van der Waals surface area contributed by atoms with Crippen LogP contribution in [0.5, 0.6) is 0 Å². The summed E-state index contributed by atoms with van der Waals surface area (Å²) in [4.78, 5) is 28.2. The molecular weight excluding hydrogens is 392 g/mol. The van der Waals surface area contributed by atoms with Gasteiger partial charge in [-0.25, -0.2) is 9.59 Å². The van der Waals surface area contributed by atoms with Crippen LogP contribution in [-0.2, 0) is 16.0 Å². The molecule has 158 valence electrons. The minimum atomic E-state index is -1.09. The molecule has 1 unspecified atom stereocenters. The smallest absolute Gasteiger partial charge is 0.407 e. The van der Waals surface area contributed by atoms with E-state index in [1.807, 2.05) is 55.5 Å². The summed E-state index contributed by atoms with van der Waals surface area (Å²) in [5.74, 6) is -1.16. The van der Waals surface area contributed by atoms with E-state index in [1.54, 1.807) is 6.20 Å². The Kier molecular flexibility index (Phi) is 5.98. The number of hydrogen-bond acceptors (Lipinski definition) is 4. The molecule has 2 N–H and O–H groups in total. The number of carboxylic acid groups (broad SMARTS) is 1. The number of benzene rings is 2. The monoisotopic (exact) mass is 416 g/mol. The van der Waals surface area contributed by atoms with Crippen molar-refractivity contribution >= 4 is 12.1 Å². The van der Waals surface area contributed by atoms with Crippen molar-refractivity contribution in [2.75, 3.05) is 6.61 Å². The molecule has 0 saturated carbocycles. The Labute approximate surface area is 180 Å². The predicted molar refractivity (Wildman–Crippen MR) is 117 cm³/mol. The average molecular weight is 416 g/mol. The number of hydrogen-bond donors (Lipinski definition) is 2. The Morgan fingerprint density at radius 3 is 2.26 bits per heavy atom. The summed E-state index contributed by atoms with van der Waals surface area (Å²) in [6.07, 6.45) is 1.75. The first-order valence-electron chi connectivity index (χ1n) is 10.3. The maximum absolute atomic E-state index is 12.4. The minimum absolute atomic E-state index is 0.0694. The second-order valence-corrected chi connectivity index (χ2v) is 7.71. The van der Waals surface area contributed by atoms with Crippen LogP contribution >= 0.6 is 0 Å². The molecule has 6 nitrogen and oxygen atoms in total. The number of rotatable bonds is 7. The van der Waals surface area contributed by atoms with E-state index >= 15 is 0 Å². The summed E-state index contributed by atoms with van der Waals surface area (Å²) in [5.41, 5.74) is 6.32. The van der Waals surface area contributed by atoms with E-state index in [-0.39, 0.29) is 18.9 Å². The van der Waals surface area contributed by atoms with Crippen LogP contribution in [0.15, 0.2) is 66.9 Å². The number of nitrogens with one attached hydrogen (secondary N) is 1. The molecule has 0 fully saturated rings. The SMILES string of the molecule is Cc1ccc(CCC(NC(=O)OCC2c3ccccc3-c3ccccc32)C(=O)O)cn1. The lowest BCUT2D eigenvalue weighted by atomic mass is 9.98. The van der Waals surface area contributed by atoms with Crippen LogP contribution in [0.2, 0.25) is 0 Å². The summed E-state index contributed by atoms with van der Waals surface area (Å²) in [7, 11) is 0. The van der Waals surface area contributed by atoms with Crippen molar-refractivity contribution < 1.29 is 19.4 Å². The fourth-order valence-electron chi connectivity index (χ4n) is 4.00. The van der Waals surface area contributed by atoms with Gasteiger partial charge in [0.15, 0.2) is 0 Å². The van der Waals surface area contributed by atoms with Gasteiger partial charge in [-0.15, -0.1) is 0 Å². The standard InChI is InChI=1S/C25H24N2O4/c1-16-10-11-17(14-26-16)12-13-23(24(28)29)27-25(30)31-15-22-20-8-4-2-6-18(20)19-7-3-5-9-21(19)22/h2-11,14,22-23H,12-13,15H2,1H3,(H,27,30)(H,28,29). The van der Waals surface area contributed by atoms with E-state index in [0.717, 1.165) is 33.5 Å². The van der Waals surface area contributed by atoms with Gasteiger partial charge in [0.25, 0.3) is 0 Å². The van der Waals surface area contributed by atoms with Gasteiger partial charge < -0.3 is 15.2 Å². The number of aromatic nitrogens is 1. The molecule has 0 aliphatic heterocycles. The number of carbonyl (C=O) groups excluding carboxylic acids is 1. The third kappa shape index (κ3) is 4.58. The molecule has 1 amide bonds. The van der Waals surface area contributed by atoms with Crippen LogP contribution in [0.1, 0.15) is 34.7 Å². The summed E-state index contributed by atoms with van der Waals surface area (Å²) in [6.45, 7) is 2.04. The summed E-state index contributed by atoms with van der Waals surface area (Å²) in [5, 5.41) is 12.0. The topological polar surface area (TPSA) is 88.5 Å². The molecule has 1 aliphatic carbocycles. The number of carbonyl (C=O) groups is 2. The number of fused-ring (bicyclic) bond motifs is 3. The van der Waals surface area contributed by atoms with E-state index in [0.29, 0.717) is 6.42 Å². The Morgan fingerprint density at radius 2 is 1.68 bits per heavy atom. The Hall–Kier alpha value is -3.67. The van der Waals surface area contributed by atoms with E-state index in [4.69, 9.17) is 4.74 Å². The van der Waals surface area contributed by atoms with Crippen molar-refractivity contribution in [3.05, 3.63) is 89.2 Å². The Morgan fingerprint density at radius 1 is 1.03 bits per heavy atom. The number of aryl methyl sites for hydroxylation is 2. The number of nitrogens with zero attached hydrogens (tertiary/aromatic N) is 1. The lowest BCUT2D eigenvalue weighted by molar-refractivity contribution is -0.139. The fourth-order valence-corrected chi connectivity index (χ4v) is 4.00. The van der Waals surface area contributed by atoms with E-state index in [9.17, 15) is 14.7 Å². The van der Waals surface area contributed by atoms with Crippen LogP contribution in [0, 0.1) is 6.92 Å². The maximum atomic E-state index is 12.4. The number of pyridine rings is 1. The normalized spacial score (nSPS) is 13.2. The molecule has 0 bridgehead atoms. The largest absolute Gasteiger partial charge is 0.480 e. The molecule has 0 spiro atoms. The summed E-state index contributed by atoms with van der Waals surface area (Å²) < 4.78 is 5.46. The lowest BCUT2D eigenvalue weighted by Gasteiger charge is -2.17. The molecule has 3 aromatic rings. The number of amides is 1. The lowest BCUT2D eigenvalue weighted by Crippen LogP contribution is -2.41. The highest BCUT2D eigenvalue weighted by atomic mass is 16.5. The van der Waals surface area contributed by atoms with Gasteiger partial charge in [0.1, 0.15) is 12.6 Å². The molecule has 6 heteroatoms. The van der Waals surface area contributed by atoms with Gasteiger partial charge in [-0.2, -0.15) is 0 Å². The third-order valence-corrected chi connectivity index (χ3v) is 5.63. The van der Waals surface area contributed by atoms with Crippen molar-refractivity contribution in [2.24, 2.45) is 0 Å². The van der Waals surface area contributed by atoms with Gasteiger partial charge >= 0.3 is 12.1 Å². The predicted octanol–water partition coefficient (Wildman–Crippen LogP) is 4.31. The zero-order chi connectivity index (χ0) is 21.8. The van der Waals surface area contributed by atoms with Crippen LogP contribution in [0.25, 0.3) is 11.1 Å². The summed E-state index contributed by atoms with van der Waals surface area (Å²) >= 11 is 0. The minimum Gasteiger partial charge on any atom is -0.480 e. The highest BCUT2D eigenvalue weighted by molar-refractivity contribution is 5.81. The van der Waals surface area contributed by atoms with E-state index in [1.165, 1.54) is 0 Å². The second kappa shape index (κ2) is 9.00. The van der Waals surface area contributed by atoms with Gasteiger partial charge in [0.2, 0.25) is 0 Å². The second-order valence-electron chi connectivity index (χ2n) is 7.71. The zero-order valence-corrected chi connectivity index (χ0v) is 17.2. The first kappa shape index (κ1) is 20.6. The van der Waals surface area contributed by atoms with Gasteiger partial charge in [0.05, 0.1) is 0 Å². The number of ether oxygens (including phenoxy) is 1. The van der Waals surface area contributed by atoms with Gasteiger partial charge in [-0.1, -0.05) is 54.6 Å². The molecular formula is C25H24N2O4. The van der Waals surface area contributed by atoms with Gasteiger partial charge in [-0.3, -0.25) is 4.98 Å². The van der Waals surface area contributed by atoms with Gasteiger partial charge in [0, 0.05) is 17.8 Å². The van der Waals surface area contributed by atoms with Crippen molar-refractivity contribution in [3.63, 3.8) is 0 Å². The number of carboxylic acids is 1. The Balaban J connectivity index is 1.38.